The third-order valence-corrected chi connectivity index (χ3v) is 3.06. The molecule has 0 heterocycles. The van der Waals surface area contributed by atoms with E-state index in [0.29, 0.717) is 11.8 Å². The zero-order valence-corrected chi connectivity index (χ0v) is 12.6. The minimum absolute atomic E-state index is 0.0736. The highest BCUT2D eigenvalue weighted by Crippen LogP contribution is 2.17. The third kappa shape index (κ3) is 9.57. The first-order valence-corrected chi connectivity index (χ1v) is 6.80. The van der Waals surface area contributed by atoms with Crippen molar-refractivity contribution in [1.82, 2.24) is 5.32 Å². The molecule has 2 unspecified atom stereocenters. The second-order valence-electron chi connectivity index (χ2n) is 7.11. The Morgan fingerprint density at radius 2 is 1.53 bits per heavy atom. The van der Waals surface area contributed by atoms with Gasteiger partial charge in [0.1, 0.15) is 0 Å². The van der Waals surface area contributed by atoms with Crippen LogP contribution < -0.4 is 16.8 Å². The monoisotopic (exact) mass is 243 g/mol. The Hall–Kier alpha value is -0.120. The molecule has 0 aromatic rings. The Morgan fingerprint density at radius 1 is 1.00 bits per heavy atom. The Labute approximate surface area is 108 Å². The van der Waals surface area contributed by atoms with Gasteiger partial charge in [0.2, 0.25) is 0 Å². The normalized spacial score (nSPS) is 16.9. The number of hydrogen-bond acceptors (Lipinski definition) is 3. The van der Waals surface area contributed by atoms with E-state index in [0.717, 1.165) is 25.9 Å². The molecule has 0 amide bonds. The fraction of sp³-hybridized carbons (Fsp3) is 1.00. The molecule has 0 rings (SSSR count). The first-order chi connectivity index (χ1) is 7.56. The molecule has 0 fully saturated rings. The van der Waals surface area contributed by atoms with Crippen molar-refractivity contribution in [1.29, 1.82) is 0 Å². The lowest BCUT2D eigenvalue weighted by Gasteiger charge is -2.32. The summed E-state index contributed by atoms with van der Waals surface area (Å²) in [7, 11) is 0. The van der Waals surface area contributed by atoms with E-state index < -0.39 is 0 Å². The molecule has 5 N–H and O–H groups in total. The fourth-order valence-corrected chi connectivity index (χ4v) is 2.45. The van der Waals surface area contributed by atoms with Gasteiger partial charge in [-0.05, 0) is 65.5 Å². The minimum Gasteiger partial charge on any atom is -0.330 e. The summed E-state index contributed by atoms with van der Waals surface area (Å²) < 4.78 is 0. The van der Waals surface area contributed by atoms with Gasteiger partial charge in [0.15, 0.2) is 0 Å². The smallest absolute Gasteiger partial charge is 0.0128 e. The summed E-state index contributed by atoms with van der Waals surface area (Å²) in [5, 5.41) is 3.64. The van der Waals surface area contributed by atoms with Crippen molar-refractivity contribution in [2.24, 2.45) is 23.3 Å². The Kier molecular flexibility index (Phi) is 6.67. The van der Waals surface area contributed by atoms with Gasteiger partial charge < -0.3 is 16.8 Å². The van der Waals surface area contributed by atoms with Crippen molar-refractivity contribution in [3.05, 3.63) is 0 Å². The summed E-state index contributed by atoms with van der Waals surface area (Å²) in [5.41, 5.74) is 11.8. The van der Waals surface area contributed by atoms with Crippen molar-refractivity contribution >= 4 is 0 Å². The number of rotatable bonds is 8. The van der Waals surface area contributed by atoms with Gasteiger partial charge in [0.05, 0.1) is 0 Å². The molecule has 0 saturated carbocycles. The number of nitrogens with two attached hydrogens (primary N) is 2. The Balaban J connectivity index is 4.00. The van der Waals surface area contributed by atoms with Crippen molar-refractivity contribution < 1.29 is 0 Å². The molecule has 3 nitrogen and oxygen atoms in total. The molecule has 0 saturated heterocycles. The quantitative estimate of drug-likeness (QED) is 0.612. The van der Waals surface area contributed by atoms with Gasteiger partial charge in [-0.1, -0.05) is 13.8 Å². The number of nitrogens with one attached hydrogen (secondary N) is 1. The van der Waals surface area contributed by atoms with Gasteiger partial charge >= 0.3 is 0 Å². The molecular weight excluding hydrogens is 210 g/mol. The van der Waals surface area contributed by atoms with E-state index in [-0.39, 0.29) is 11.1 Å². The summed E-state index contributed by atoms with van der Waals surface area (Å²) >= 11 is 0. The Bertz CT molecular complexity index is 206. The maximum absolute atomic E-state index is 6.03. The summed E-state index contributed by atoms with van der Waals surface area (Å²) in [6.07, 6.45) is 2.16. The molecule has 0 aromatic heterocycles. The molecule has 104 valence electrons. The van der Waals surface area contributed by atoms with Crippen LogP contribution in [0.5, 0.6) is 0 Å². The zero-order valence-electron chi connectivity index (χ0n) is 12.6. The average Bonchev–Trinajstić information content (AvgIpc) is 2.11. The van der Waals surface area contributed by atoms with Crippen LogP contribution in [0.1, 0.15) is 54.4 Å². The molecule has 17 heavy (non-hydrogen) atoms. The van der Waals surface area contributed by atoms with Gasteiger partial charge in [-0.3, -0.25) is 0 Å². The van der Waals surface area contributed by atoms with E-state index in [4.69, 9.17) is 11.5 Å². The highest BCUT2D eigenvalue weighted by atomic mass is 15.0. The van der Waals surface area contributed by atoms with Gasteiger partial charge in [0.25, 0.3) is 0 Å². The van der Waals surface area contributed by atoms with E-state index >= 15 is 0 Å². The topological polar surface area (TPSA) is 64.1 Å². The summed E-state index contributed by atoms with van der Waals surface area (Å²) in [4.78, 5) is 0. The standard InChI is InChI=1S/C14H33N3/c1-11(9-15)8-14(5,6)17-10-12(2)7-13(3,4)16/h11-12,17H,7-10,15-16H2,1-6H3. The van der Waals surface area contributed by atoms with Crippen LogP contribution in [0.25, 0.3) is 0 Å². The van der Waals surface area contributed by atoms with Crippen molar-refractivity contribution in [2.45, 2.75) is 65.5 Å². The van der Waals surface area contributed by atoms with Crippen LogP contribution in [0.4, 0.5) is 0 Å². The van der Waals surface area contributed by atoms with Crippen LogP contribution >= 0.6 is 0 Å². The van der Waals surface area contributed by atoms with Crippen LogP contribution in [0.15, 0.2) is 0 Å². The van der Waals surface area contributed by atoms with E-state index in [9.17, 15) is 0 Å². The van der Waals surface area contributed by atoms with Crippen molar-refractivity contribution in [3.8, 4) is 0 Å². The van der Waals surface area contributed by atoms with E-state index in [1.807, 2.05) is 0 Å². The lowest BCUT2D eigenvalue weighted by atomic mass is 9.89. The van der Waals surface area contributed by atoms with Crippen molar-refractivity contribution in [3.63, 3.8) is 0 Å². The summed E-state index contributed by atoms with van der Waals surface area (Å²) in [6.45, 7) is 14.9. The zero-order chi connectivity index (χ0) is 13.7. The summed E-state index contributed by atoms with van der Waals surface area (Å²) in [5.74, 6) is 1.17. The molecule has 0 spiro atoms. The Morgan fingerprint density at radius 3 is 1.94 bits per heavy atom. The molecule has 0 aliphatic rings. The maximum Gasteiger partial charge on any atom is 0.0128 e. The van der Waals surface area contributed by atoms with Gasteiger partial charge in [-0.25, -0.2) is 0 Å². The molecule has 2 atom stereocenters. The van der Waals surface area contributed by atoms with Crippen LogP contribution in [0.3, 0.4) is 0 Å². The largest absolute Gasteiger partial charge is 0.330 e. The lowest BCUT2D eigenvalue weighted by Crippen LogP contribution is -2.45. The van der Waals surface area contributed by atoms with Crippen LogP contribution in [0.2, 0.25) is 0 Å². The fourth-order valence-electron chi connectivity index (χ4n) is 2.45. The maximum atomic E-state index is 6.03. The molecule has 0 aliphatic heterocycles. The SMILES string of the molecule is CC(CNC(C)(C)CC(C)CN)CC(C)(C)N. The van der Waals surface area contributed by atoms with E-state index in [1.54, 1.807) is 0 Å². The predicted octanol–water partition coefficient (Wildman–Crippen LogP) is 2.10. The van der Waals surface area contributed by atoms with Crippen molar-refractivity contribution in [2.75, 3.05) is 13.1 Å². The molecule has 0 radical (unpaired) electrons. The highest BCUT2D eigenvalue weighted by Gasteiger charge is 2.22. The molecular formula is C14H33N3. The van der Waals surface area contributed by atoms with Crippen LogP contribution in [-0.2, 0) is 0 Å². The number of hydrogen-bond donors (Lipinski definition) is 3. The highest BCUT2D eigenvalue weighted by molar-refractivity contribution is 4.82. The first kappa shape index (κ1) is 16.9. The summed E-state index contributed by atoms with van der Waals surface area (Å²) in [6, 6.07) is 0. The molecule has 0 aromatic carbocycles. The molecule has 0 bridgehead atoms. The second kappa shape index (κ2) is 6.72. The van der Waals surface area contributed by atoms with E-state index in [1.165, 1.54) is 0 Å². The van der Waals surface area contributed by atoms with E-state index in [2.05, 4.69) is 46.9 Å². The molecule has 3 heteroatoms. The first-order valence-electron chi connectivity index (χ1n) is 6.80. The third-order valence-electron chi connectivity index (χ3n) is 3.06. The van der Waals surface area contributed by atoms with Gasteiger partial charge in [-0.2, -0.15) is 0 Å². The second-order valence-corrected chi connectivity index (χ2v) is 7.11. The molecule has 0 aliphatic carbocycles. The van der Waals surface area contributed by atoms with Crippen LogP contribution in [-0.4, -0.2) is 24.2 Å². The van der Waals surface area contributed by atoms with Crippen LogP contribution in [0, 0.1) is 11.8 Å². The predicted molar refractivity (Wildman–Crippen MR) is 77.0 cm³/mol. The minimum atomic E-state index is -0.0736. The van der Waals surface area contributed by atoms with Gasteiger partial charge in [0, 0.05) is 11.1 Å². The van der Waals surface area contributed by atoms with Gasteiger partial charge in [-0.15, -0.1) is 0 Å². The lowest BCUT2D eigenvalue weighted by molar-refractivity contribution is 0.276. The average molecular weight is 243 g/mol.